The minimum Gasteiger partial charge on any atom is -0.447 e. The number of anilines is 2. The van der Waals surface area contributed by atoms with Crippen molar-refractivity contribution in [3.05, 3.63) is 42.0 Å². The number of benzene rings is 2. The van der Waals surface area contributed by atoms with Crippen molar-refractivity contribution in [3.8, 4) is 0 Å². The quantitative estimate of drug-likeness (QED) is 0.328. The number of sulfone groups is 1. The van der Waals surface area contributed by atoms with Crippen molar-refractivity contribution in [2.24, 2.45) is 0 Å². The smallest absolute Gasteiger partial charge is 0.411 e. The lowest BCUT2D eigenvalue weighted by Gasteiger charge is -2.12. The summed E-state index contributed by atoms with van der Waals surface area (Å²) in [6, 6.07) is 7.06. The SMILES string of the molecule is COCCOC(=O)Nc1ccc(N)c(S(=O)(=O)c2ccc(C)c(S(=O)(=O)O)c2)c1. The minimum absolute atomic E-state index is 0.00420. The molecular weight excluding hydrogens is 424 g/mol. The van der Waals surface area contributed by atoms with E-state index in [1.54, 1.807) is 0 Å². The highest BCUT2D eigenvalue weighted by atomic mass is 32.2. The van der Waals surface area contributed by atoms with Crippen molar-refractivity contribution in [1.82, 2.24) is 0 Å². The molecule has 0 aliphatic rings. The van der Waals surface area contributed by atoms with Gasteiger partial charge in [0, 0.05) is 12.8 Å². The Labute approximate surface area is 168 Å². The highest BCUT2D eigenvalue weighted by molar-refractivity contribution is 7.91. The molecule has 12 heteroatoms. The van der Waals surface area contributed by atoms with E-state index in [-0.39, 0.29) is 39.9 Å². The molecule has 0 spiro atoms. The topological polar surface area (TPSA) is 162 Å². The summed E-state index contributed by atoms with van der Waals surface area (Å²) >= 11 is 0. The molecule has 0 saturated heterocycles. The molecule has 158 valence electrons. The van der Waals surface area contributed by atoms with Crippen LogP contribution >= 0.6 is 0 Å². The van der Waals surface area contributed by atoms with E-state index < -0.39 is 30.9 Å². The van der Waals surface area contributed by atoms with Gasteiger partial charge in [-0.15, -0.1) is 0 Å². The average Bonchev–Trinajstić information content (AvgIpc) is 2.62. The molecule has 0 heterocycles. The van der Waals surface area contributed by atoms with Gasteiger partial charge in [-0.05, 0) is 42.8 Å². The molecule has 0 radical (unpaired) electrons. The van der Waals surface area contributed by atoms with Gasteiger partial charge in [0.2, 0.25) is 9.84 Å². The van der Waals surface area contributed by atoms with Crippen LogP contribution in [0.2, 0.25) is 0 Å². The minimum atomic E-state index is -4.62. The van der Waals surface area contributed by atoms with Gasteiger partial charge in [-0.1, -0.05) is 6.07 Å². The lowest BCUT2D eigenvalue weighted by molar-refractivity contribution is 0.107. The summed E-state index contributed by atoms with van der Waals surface area (Å²) in [5.41, 5.74) is 5.95. The molecule has 2 aromatic rings. The fourth-order valence-electron chi connectivity index (χ4n) is 2.37. The Morgan fingerprint density at radius 1 is 1.07 bits per heavy atom. The summed E-state index contributed by atoms with van der Waals surface area (Å²) in [5, 5.41) is 2.36. The number of carbonyl (C=O) groups is 1. The monoisotopic (exact) mass is 444 g/mol. The van der Waals surface area contributed by atoms with Crippen LogP contribution in [0.3, 0.4) is 0 Å². The summed E-state index contributed by atoms with van der Waals surface area (Å²) in [4.78, 5) is 10.5. The molecule has 0 aliphatic carbocycles. The van der Waals surface area contributed by atoms with Crippen LogP contribution in [-0.2, 0) is 29.4 Å². The Bertz CT molecular complexity index is 1130. The predicted molar refractivity (Wildman–Crippen MR) is 104 cm³/mol. The highest BCUT2D eigenvalue weighted by Crippen LogP contribution is 2.30. The fourth-order valence-corrected chi connectivity index (χ4v) is 4.63. The third-order valence-corrected chi connectivity index (χ3v) is 6.62. The van der Waals surface area contributed by atoms with Crippen molar-refractivity contribution >= 4 is 37.4 Å². The Balaban J connectivity index is 2.42. The van der Waals surface area contributed by atoms with Gasteiger partial charge in [0.05, 0.1) is 27.0 Å². The summed E-state index contributed by atoms with van der Waals surface area (Å²) in [5.74, 6) is 0. The Kier molecular flexibility index (Phi) is 6.85. The molecule has 0 atom stereocenters. The van der Waals surface area contributed by atoms with Crippen LogP contribution in [0.15, 0.2) is 51.1 Å². The molecule has 0 bridgehead atoms. The van der Waals surface area contributed by atoms with Crippen LogP contribution in [0.5, 0.6) is 0 Å². The third kappa shape index (κ3) is 5.44. The maximum atomic E-state index is 13.0. The van der Waals surface area contributed by atoms with E-state index in [9.17, 15) is 26.2 Å². The largest absolute Gasteiger partial charge is 0.447 e. The van der Waals surface area contributed by atoms with Gasteiger partial charge in [0.1, 0.15) is 6.61 Å². The number of methoxy groups -OCH3 is 1. The van der Waals surface area contributed by atoms with E-state index in [4.69, 9.17) is 15.2 Å². The molecule has 0 unspecified atom stereocenters. The normalized spacial score (nSPS) is 11.8. The summed E-state index contributed by atoms with van der Waals surface area (Å²) in [6.45, 7) is 1.61. The molecule has 10 nitrogen and oxygen atoms in total. The second-order valence-electron chi connectivity index (χ2n) is 5.91. The first-order chi connectivity index (χ1) is 13.5. The number of rotatable bonds is 7. The Hall–Kier alpha value is -2.67. The predicted octanol–water partition coefficient (Wildman–Crippen LogP) is 1.85. The number of hydrogen-bond donors (Lipinski definition) is 3. The highest BCUT2D eigenvalue weighted by Gasteiger charge is 2.24. The maximum Gasteiger partial charge on any atom is 0.411 e. The molecule has 1 amide bonds. The van der Waals surface area contributed by atoms with Gasteiger partial charge in [0.25, 0.3) is 10.1 Å². The second kappa shape index (κ2) is 8.78. The zero-order valence-electron chi connectivity index (χ0n) is 15.6. The molecule has 0 fully saturated rings. The fraction of sp³-hybridized carbons (Fsp3) is 0.235. The number of nitrogens with one attached hydrogen (secondary N) is 1. The number of aryl methyl sites for hydroxylation is 1. The van der Waals surface area contributed by atoms with Crippen LogP contribution in [0.1, 0.15) is 5.56 Å². The molecule has 4 N–H and O–H groups in total. The second-order valence-corrected chi connectivity index (χ2v) is 9.22. The van der Waals surface area contributed by atoms with E-state index >= 15 is 0 Å². The number of ether oxygens (including phenoxy) is 2. The van der Waals surface area contributed by atoms with Gasteiger partial charge in [0.15, 0.2) is 0 Å². The van der Waals surface area contributed by atoms with E-state index in [1.807, 2.05) is 0 Å². The number of carbonyl (C=O) groups excluding carboxylic acids is 1. The standard InChI is InChI=1S/C17H20N2O8S2/c1-11-3-5-13(10-15(11)29(23,24)25)28(21,22)16-9-12(4-6-14(16)18)19-17(20)27-8-7-26-2/h3-6,9-10H,7-8,18H2,1-2H3,(H,19,20)(H,23,24,25). The molecule has 0 aromatic heterocycles. The summed E-state index contributed by atoms with van der Waals surface area (Å²) in [6.07, 6.45) is -0.820. The number of nitrogens with two attached hydrogens (primary N) is 1. The summed E-state index contributed by atoms with van der Waals surface area (Å²) < 4.78 is 67.8. The van der Waals surface area contributed by atoms with Gasteiger partial charge < -0.3 is 15.2 Å². The summed E-state index contributed by atoms with van der Waals surface area (Å²) in [7, 11) is -7.44. The lowest BCUT2D eigenvalue weighted by Crippen LogP contribution is -2.17. The van der Waals surface area contributed by atoms with Crippen molar-refractivity contribution < 1.29 is 35.7 Å². The van der Waals surface area contributed by atoms with E-state index in [0.717, 1.165) is 12.1 Å². The zero-order valence-corrected chi connectivity index (χ0v) is 17.2. The van der Waals surface area contributed by atoms with Crippen molar-refractivity contribution in [2.75, 3.05) is 31.4 Å². The van der Waals surface area contributed by atoms with Crippen LogP contribution < -0.4 is 11.1 Å². The van der Waals surface area contributed by atoms with Gasteiger partial charge in [-0.25, -0.2) is 13.2 Å². The van der Waals surface area contributed by atoms with Crippen LogP contribution in [0.25, 0.3) is 0 Å². The first kappa shape index (κ1) is 22.6. The maximum absolute atomic E-state index is 13.0. The number of hydrogen-bond acceptors (Lipinski definition) is 8. The van der Waals surface area contributed by atoms with Gasteiger partial charge >= 0.3 is 6.09 Å². The van der Waals surface area contributed by atoms with Crippen molar-refractivity contribution in [1.29, 1.82) is 0 Å². The lowest BCUT2D eigenvalue weighted by atomic mass is 10.2. The molecule has 0 aliphatic heterocycles. The Morgan fingerprint density at radius 2 is 1.76 bits per heavy atom. The van der Waals surface area contributed by atoms with Crippen molar-refractivity contribution in [3.63, 3.8) is 0 Å². The molecule has 2 aromatic carbocycles. The number of nitrogen functional groups attached to an aromatic ring is 1. The van der Waals surface area contributed by atoms with Crippen LogP contribution in [0, 0.1) is 6.92 Å². The van der Waals surface area contributed by atoms with Crippen LogP contribution in [-0.4, -0.2) is 47.8 Å². The zero-order chi connectivity index (χ0) is 21.8. The van der Waals surface area contributed by atoms with E-state index in [0.29, 0.717) is 0 Å². The first-order valence-corrected chi connectivity index (χ1v) is 11.0. The molecule has 29 heavy (non-hydrogen) atoms. The molecular formula is C17H20N2O8S2. The van der Waals surface area contributed by atoms with E-state index in [2.05, 4.69) is 5.32 Å². The third-order valence-electron chi connectivity index (χ3n) is 3.82. The first-order valence-electron chi connectivity index (χ1n) is 8.12. The van der Waals surface area contributed by atoms with Crippen molar-refractivity contribution in [2.45, 2.75) is 21.6 Å². The molecule has 0 saturated carbocycles. The number of amides is 1. The van der Waals surface area contributed by atoms with Gasteiger partial charge in [-0.2, -0.15) is 8.42 Å². The van der Waals surface area contributed by atoms with Crippen LogP contribution in [0.4, 0.5) is 16.2 Å². The molecule has 2 rings (SSSR count). The van der Waals surface area contributed by atoms with E-state index in [1.165, 1.54) is 38.3 Å². The Morgan fingerprint density at radius 3 is 2.38 bits per heavy atom. The van der Waals surface area contributed by atoms with Gasteiger partial charge in [-0.3, -0.25) is 9.87 Å². The average molecular weight is 444 g/mol.